The van der Waals surface area contributed by atoms with Crippen molar-refractivity contribution in [1.82, 2.24) is 30.6 Å². The maximum absolute atomic E-state index is 13.4. The van der Waals surface area contributed by atoms with Gasteiger partial charge in [-0.2, -0.15) is 0 Å². The predicted octanol–water partition coefficient (Wildman–Crippen LogP) is 4.81. The molecule has 0 unspecified atom stereocenters. The summed E-state index contributed by atoms with van der Waals surface area (Å²) < 4.78 is 0. The molecule has 5 rings (SSSR count). The van der Waals surface area contributed by atoms with Gasteiger partial charge in [-0.1, -0.05) is 18.2 Å². The van der Waals surface area contributed by atoms with E-state index in [1.807, 2.05) is 49.4 Å². The number of pyridine rings is 2. The van der Waals surface area contributed by atoms with E-state index < -0.39 is 6.09 Å². The van der Waals surface area contributed by atoms with Crippen molar-refractivity contribution < 1.29 is 14.7 Å². The molecule has 2 amide bonds. The number of anilines is 1. The van der Waals surface area contributed by atoms with Crippen LogP contribution in [0.15, 0.2) is 61.1 Å². The van der Waals surface area contributed by atoms with Crippen molar-refractivity contribution in [2.45, 2.75) is 39.2 Å². The van der Waals surface area contributed by atoms with Gasteiger partial charge in [-0.3, -0.25) is 14.8 Å². The van der Waals surface area contributed by atoms with Gasteiger partial charge in [0, 0.05) is 36.4 Å². The van der Waals surface area contributed by atoms with Crippen molar-refractivity contribution in [3.05, 3.63) is 78.0 Å². The smallest absolute Gasteiger partial charge is 0.404 e. The Hall–Kier alpha value is -4.60. The molecule has 40 heavy (non-hydrogen) atoms. The zero-order chi connectivity index (χ0) is 27.9. The van der Waals surface area contributed by atoms with Crippen LogP contribution in [0, 0.1) is 18.8 Å². The van der Waals surface area contributed by atoms with Crippen molar-refractivity contribution in [3.63, 3.8) is 0 Å². The lowest BCUT2D eigenvalue weighted by atomic mass is 9.82. The summed E-state index contributed by atoms with van der Waals surface area (Å²) in [5.41, 5.74) is 4.52. The number of carboxylic acid groups (broad SMARTS) is 1. The van der Waals surface area contributed by atoms with E-state index in [1.165, 1.54) is 0 Å². The predicted molar refractivity (Wildman–Crippen MR) is 153 cm³/mol. The average molecular weight is 540 g/mol. The molecule has 10 heteroatoms. The summed E-state index contributed by atoms with van der Waals surface area (Å²) in [7, 11) is 0. The molecular weight excluding hydrogens is 506 g/mol. The molecule has 1 aliphatic rings. The molecule has 3 aromatic heterocycles. The Morgan fingerprint density at radius 1 is 0.900 bits per heavy atom. The van der Waals surface area contributed by atoms with Crippen LogP contribution in [0.25, 0.3) is 22.2 Å². The first-order valence-electron chi connectivity index (χ1n) is 13.6. The number of aryl methyl sites for hydroxylation is 1. The van der Waals surface area contributed by atoms with Crippen LogP contribution in [0.1, 0.15) is 47.4 Å². The summed E-state index contributed by atoms with van der Waals surface area (Å²) in [4.78, 5) is 42.1. The Labute approximate surface area is 232 Å². The number of fused-ring (bicyclic) bond motifs is 1. The number of benzene rings is 1. The SMILES string of the molecule is Cc1cnc(CNc2ccc(-c3cc(C(=O)NCC4CCC(CNC(=O)O)CC4)c4ccccc4n3)cn2)cn1. The second-order valence-electron chi connectivity index (χ2n) is 10.3. The van der Waals surface area contributed by atoms with Crippen LogP contribution in [0.2, 0.25) is 0 Å². The molecule has 0 bridgehead atoms. The highest BCUT2D eigenvalue weighted by atomic mass is 16.4. The fourth-order valence-electron chi connectivity index (χ4n) is 5.06. The first-order chi connectivity index (χ1) is 19.4. The third-order valence-corrected chi connectivity index (χ3v) is 7.36. The lowest BCUT2D eigenvalue weighted by Gasteiger charge is -2.28. The van der Waals surface area contributed by atoms with Gasteiger partial charge < -0.3 is 21.1 Å². The van der Waals surface area contributed by atoms with Crippen molar-refractivity contribution >= 4 is 28.7 Å². The second kappa shape index (κ2) is 12.5. The van der Waals surface area contributed by atoms with Crippen molar-refractivity contribution in [3.8, 4) is 11.3 Å². The van der Waals surface area contributed by atoms with Crippen LogP contribution in [0.5, 0.6) is 0 Å². The maximum atomic E-state index is 13.4. The summed E-state index contributed by atoms with van der Waals surface area (Å²) >= 11 is 0. The number of carbonyl (C=O) groups excluding carboxylic acids is 1. The van der Waals surface area contributed by atoms with E-state index in [9.17, 15) is 9.59 Å². The first-order valence-corrected chi connectivity index (χ1v) is 13.6. The summed E-state index contributed by atoms with van der Waals surface area (Å²) in [5.74, 6) is 1.33. The minimum atomic E-state index is -0.977. The normalized spacial score (nSPS) is 16.8. The fourth-order valence-corrected chi connectivity index (χ4v) is 5.06. The molecule has 206 valence electrons. The Balaban J connectivity index is 1.24. The molecule has 1 aliphatic carbocycles. The Bertz CT molecular complexity index is 1470. The Morgan fingerprint density at radius 2 is 1.65 bits per heavy atom. The highest BCUT2D eigenvalue weighted by Crippen LogP contribution is 2.29. The number of hydrogen-bond acceptors (Lipinski definition) is 7. The maximum Gasteiger partial charge on any atom is 0.404 e. The molecule has 0 saturated heterocycles. The van der Waals surface area contributed by atoms with Crippen LogP contribution in [0.3, 0.4) is 0 Å². The minimum absolute atomic E-state index is 0.125. The van der Waals surface area contributed by atoms with Crippen LogP contribution >= 0.6 is 0 Å². The van der Waals surface area contributed by atoms with Gasteiger partial charge in [0.25, 0.3) is 5.91 Å². The molecule has 4 aromatic rings. The lowest BCUT2D eigenvalue weighted by molar-refractivity contribution is 0.0942. The molecule has 3 heterocycles. The topological polar surface area (TPSA) is 142 Å². The highest BCUT2D eigenvalue weighted by molar-refractivity contribution is 6.07. The van der Waals surface area contributed by atoms with Crippen molar-refractivity contribution in [2.24, 2.45) is 11.8 Å². The molecule has 0 aliphatic heterocycles. The van der Waals surface area contributed by atoms with Gasteiger partial charge in [0.1, 0.15) is 5.82 Å². The molecule has 10 nitrogen and oxygen atoms in total. The average Bonchev–Trinajstić information content (AvgIpc) is 2.98. The van der Waals surface area contributed by atoms with Gasteiger partial charge in [0.2, 0.25) is 0 Å². The van der Waals surface area contributed by atoms with Gasteiger partial charge in [0.15, 0.2) is 0 Å². The lowest BCUT2D eigenvalue weighted by Crippen LogP contribution is -2.34. The van der Waals surface area contributed by atoms with E-state index in [-0.39, 0.29) is 5.91 Å². The summed E-state index contributed by atoms with van der Waals surface area (Å²) in [6.07, 6.45) is 8.11. The number of hydrogen-bond donors (Lipinski definition) is 4. The van der Waals surface area contributed by atoms with E-state index in [0.717, 1.165) is 53.5 Å². The number of aromatic nitrogens is 4. The summed E-state index contributed by atoms with van der Waals surface area (Å²) in [5, 5.41) is 18.5. The zero-order valence-corrected chi connectivity index (χ0v) is 22.4. The molecule has 4 N–H and O–H groups in total. The van der Waals surface area contributed by atoms with Gasteiger partial charge in [0.05, 0.1) is 40.9 Å². The molecule has 0 spiro atoms. The van der Waals surface area contributed by atoms with Crippen LogP contribution in [0.4, 0.5) is 10.6 Å². The molecule has 1 saturated carbocycles. The van der Waals surface area contributed by atoms with Gasteiger partial charge in [-0.05, 0) is 68.7 Å². The molecule has 0 atom stereocenters. The van der Waals surface area contributed by atoms with Gasteiger partial charge >= 0.3 is 6.09 Å². The molecule has 0 radical (unpaired) electrons. The van der Waals surface area contributed by atoms with Gasteiger partial charge in [-0.15, -0.1) is 0 Å². The summed E-state index contributed by atoms with van der Waals surface area (Å²) in [6.45, 7) is 3.50. The van der Waals surface area contributed by atoms with Gasteiger partial charge in [-0.25, -0.2) is 14.8 Å². The molecule has 1 aromatic carbocycles. The van der Waals surface area contributed by atoms with Crippen molar-refractivity contribution in [1.29, 1.82) is 0 Å². The standard InChI is InChI=1S/C30H33N7O3/c1-19-13-32-23(17-31-19)18-34-28-11-10-22(16-33-28)27-12-25(24-4-2-3-5-26(24)37-27)29(38)35-14-20-6-8-21(9-7-20)15-36-30(39)40/h2-5,10-13,16-17,20-21,36H,6-9,14-15,18H2,1H3,(H,33,34)(H,35,38)(H,39,40). The minimum Gasteiger partial charge on any atom is -0.465 e. The monoisotopic (exact) mass is 539 g/mol. The largest absolute Gasteiger partial charge is 0.465 e. The highest BCUT2D eigenvalue weighted by Gasteiger charge is 2.23. The number of para-hydroxylation sites is 1. The second-order valence-corrected chi connectivity index (χ2v) is 10.3. The number of carbonyl (C=O) groups is 2. The van der Waals surface area contributed by atoms with E-state index in [4.69, 9.17) is 10.1 Å². The zero-order valence-electron chi connectivity index (χ0n) is 22.4. The number of amides is 2. The number of rotatable bonds is 9. The number of nitrogens with zero attached hydrogens (tertiary/aromatic N) is 4. The van der Waals surface area contributed by atoms with E-state index in [2.05, 4.69) is 30.9 Å². The third kappa shape index (κ3) is 6.88. The quantitative estimate of drug-likeness (QED) is 0.237. The molecular formula is C30H33N7O3. The first kappa shape index (κ1) is 27.0. The van der Waals surface area contributed by atoms with E-state index in [1.54, 1.807) is 18.6 Å². The third-order valence-electron chi connectivity index (χ3n) is 7.36. The van der Waals surface area contributed by atoms with E-state index in [0.29, 0.717) is 48.5 Å². The van der Waals surface area contributed by atoms with Crippen LogP contribution < -0.4 is 16.0 Å². The number of nitrogens with one attached hydrogen (secondary N) is 3. The van der Waals surface area contributed by atoms with Crippen LogP contribution in [-0.4, -0.2) is 50.1 Å². The van der Waals surface area contributed by atoms with E-state index >= 15 is 0 Å². The fraction of sp³-hybridized carbons (Fsp3) is 0.333. The van der Waals surface area contributed by atoms with Crippen molar-refractivity contribution in [2.75, 3.05) is 18.4 Å². The Kier molecular flexibility index (Phi) is 8.44. The Morgan fingerprint density at radius 3 is 2.33 bits per heavy atom. The van der Waals surface area contributed by atoms with Crippen LogP contribution in [-0.2, 0) is 6.54 Å². The molecule has 1 fully saturated rings. The summed E-state index contributed by atoms with van der Waals surface area (Å²) in [6, 6.07) is 13.3.